The van der Waals surface area contributed by atoms with Crippen LogP contribution in [-0.4, -0.2) is 33.1 Å². The number of carbonyl (C=O) groups is 3. The van der Waals surface area contributed by atoms with E-state index in [0.717, 1.165) is 24.3 Å². The summed E-state index contributed by atoms with van der Waals surface area (Å²) in [5.41, 5.74) is -3.15. The number of hydrogen-bond acceptors (Lipinski definition) is 4. The standard InChI is InChI=1S/C29H22Cl3F6N3O3S/c1-3-45-12(2)25(42)41-24-19(34)8-9-20(23(24)35)40-26(43)15-11-14(5-6-17(15)30)39-27(44)22-21(28(22,31)32)13-4-7-18(33)16(10-13)29(36,37)38/h4-12,21-22H,3H2,1-2H3,(H,39,44)(H,40,43)(H,41,42)/t12?,21-,22?/m0/s1. The number of anilines is 3. The van der Waals surface area contributed by atoms with Crippen LogP contribution in [-0.2, 0) is 15.8 Å². The Morgan fingerprint density at radius 1 is 0.956 bits per heavy atom. The van der Waals surface area contributed by atoms with Gasteiger partial charge in [-0.25, -0.2) is 13.2 Å². The third-order valence-corrected chi connectivity index (χ3v) is 9.16. The van der Waals surface area contributed by atoms with Crippen molar-refractivity contribution >= 4 is 81.3 Å². The van der Waals surface area contributed by atoms with Gasteiger partial charge in [0, 0.05) is 11.6 Å². The average molecular weight is 713 g/mol. The van der Waals surface area contributed by atoms with Gasteiger partial charge in [-0.15, -0.1) is 35.0 Å². The zero-order chi connectivity index (χ0) is 33.4. The summed E-state index contributed by atoms with van der Waals surface area (Å²) in [5.74, 6) is -8.03. The molecule has 3 atom stereocenters. The van der Waals surface area contributed by atoms with Gasteiger partial charge in [0.1, 0.15) is 21.7 Å². The number of alkyl halides is 5. The molecule has 0 bridgehead atoms. The van der Waals surface area contributed by atoms with Crippen LogP contribution in [0.1, 0.15) is 41.3 Å². The molecular weight excluding hydrogens is 691 g/mol. The molecule has 1 fully saturated rings. The normalized spacial score (nSPS) is 17.8. The number of benzene rings is 3. The van der Waals surface area contributed by atoms with Gasteiger partial charge in [0.25, 0.3) is 5.91 Å². The molecule has 1 saturated carbocycles. The molecule has 3 aromatic carbocycles. The Labute approximate surface area is 272 Å². The fourth-order valence-electron chi connectivity index (χ4n) is 4.52. The molecule has 0 heterocycles. The third kappa shape index (κ3) is 7.48. The summed E-state index contributed by atoms with van der Waals surface area (Å²) >= 11 is 19.9. The van der Waals surface area contributed by atoms with E-state index in [-0.39, 0.29) is 21.8 Å². The average Bonchev–Trinajstić information content (AvgIpc) is 3.54. The molecule has 240 valence electrons. The van der Waals surface area contributed by atoms with Gasteiger partial charge in [-0.2, -0.15) is 13.2 Å². The summed E-state index contributed by atoms with van der Waals surface area (Å²) in [6, 6.07) is 7.64. The summed E-state index contributed by atoms with van der Waals surface area (Å²) in [4.78, 5) is 38.4. The van der Waals surface area contributed by atoms with Gasteiger partial charge < -0.3 is 16.0 Å². The molecule has 0 spiro atoms. The van der Waals surface area contributed by atoms with Crippen molar-refractivity contribution in [2.24, 2.45) is 5.92 Å². The van der Waals surface area contributed by atoms with E-state index in [1.165, 1.54) is 23.9 Å². The Balaban J connectivity index is 1.51. The summed E-state index contributed by atoms with van der Waals surface area (Å²) in [6.07, 6.45) is -4.99. The van der Waals surface area contributed by atoms with E-state index >= 15 is 4.39 Å². The molecular formula is C29H22Cl3F6N3O3S. The highest BCUT2D eigenvalue weighted by atomic mass is 35.5. The molecule has 3 amide bonds. The smallest absolute Gasteiger partial charge is 0.326 e. The molecule has 16 heteroatoms. The summed E-state index contributed by atoms with van der Waals surface area (Å²) in [7, 11) is 0. The maximum Gasteiger partial charge on any atom is 0.419 e. The minimum Gasteiger partial charge on any atom is -0.326 e. The predicted molar refractivity (Wildman–Crippen MR) is 163 cm³/mol. The molecule has 0 aromatic heterocycles. The third-order valence-electron chi connectivity index (χ3n) is 6.84. The molecule has 0 aliphatic heterocycles. The minimum atomic E-state index is -4.99. The SMILES string of the molecule is CCSC(C)C(=O)Nc1c(F)ccc(NC(=O)c2cc(NC(=O)C3[C@H](c4ccc(F)c(C(F)(F)F)c4)C3(Cl)Cl)ccc2Cl)c1F. The molecule has 2 unspecified atom stereocenters. The van der Waals surface area contributed by atoms with Crippen LogP contribution in [0.5, 0.6) is 0 Å². The first-order valence-corrected chi connectivity index (χ1v) is 15.2. The Bertz CT molecular complexity index is 1670. The quantitative estimate of drug-likeness (QED) is 0.153. The lowest BCUT2D eigenvalue weighted by Crippen LogP contribution is -2.24. The Morgan fingerprint density at radius 3 is 2.27 bits per heavy atom. The molecule has 6 nitrogen and oxygen atoms in total. The molecule has 3 aromatic rings. The van der Waals surface area contributed by atoms with Gasteiger partial charge in [0.05, 0.1) is 33.0 Å². The van der Waals surface area contributed by atoms with Crippen molar-refractivity contribution in [3.05, 3.63) is 87.7 Å². The summed E-state index contributed by atoms with van der Waals surface area (Å²) < 4.78 is 81.1. The van der Waals surface area contributed by atoms with Crippen LogP contribution < -0.4 is 16.0 Å². The lowest BCUT2D eigenvalue weighted by atomic mass is 10.0. The topological polar surface area (TPSA) is 87.3 Å². The maximum absolute atomic E-state index is 15.2. The van der Waals surface area contributed by atoms with Crippen LogP contribution in [0.2, 0.25) is 5.02 Å². The van der Waals surface area contributed by atoms with Gasteiger partial charge in [-0.05, 0) is 60.7 Å². The number of carbonyl (C=O) groups excluding carboxylic acids is 3. The zero-order valence-corrected chi connectivity index (χ0v) is 26.2. The lowest BCUT2D eigenvalue weighted by molar-refractivity contribution is -0.140. The fourth-order valence-corrected chi connectivity index (χ4v) is 6.26. The van der Waals surface area contributed by atoms with Gasteiger partial charge in [0.15, 0.2) is 5.82 Å². The van der Waals surface area contributed by atoms with Crippen molar-refractivity contribution in [2.45, 2.75) is 35.5 Å². The van der Waals surface area contributed by atoms with E-state index < -0.39 is 79.7 Å². The Kier molecular flexibility index (Phi) is 10.3. The number of rotatable bonds is 9. The van der Waals surface area contributed by atoms with Crippen LogP contribution >= 0.6 is 46.6 Å². The fraction of sp³-hybridized carbons (Fsp3) is 0.276. The number of halogens is 9. The van der Waals surface area contributed by atoms with Crippen LogP contribution in [0, 0.1) is 23.4 Å². The first-order chi connectivity index (χ1) is 21.0. The molecule has 3 N–H and O–H groups in total. The van der Waals surface area contributed by atoms with E-state index in [1.54, 1.807) is 6.92 Å². The summed E-state index contributed by atoms with van der Waals surface area (Å²) in [5, 5.41) is 6.15. The highest BCUT2D eigenvalue weighted by molar-refractivity contribution is 8.00. The number of thioether (sulfide) groups is 1. The molecule has 4 rings (SSSR count). The van der Waals surface area contributed by atoms with Crippen molar-refractivity contribution in [1.29, 1.82) is 0 Å². The van der Waals surface area contributed by atoms with Crippen LogP contribution in [0.25, 0.3) is 0 Å². The Morgan fingerprint density at radius 2 is 1.62 bits per heavy atom. The van der Waals surface area contributed by atoms with Crippen molar-refractivity contribution in [2.75, 3.05) is 21.7 Å². The molecule has 0 saturated heterocycles. The monoisotopic (exact) mass is 711 g/mol. The first-order valence-electron chi connectivity index (χ1n) is 13.0. The van der Waals surface area contributed by atoms with Crippen LogP contribution in [0.4, 0.5) is 43.4 Å². The van der Waals surface area contributed by atoms with Crippen molar-refractivity contribution in [1.82, 2.24) is 0 Å². The summed E-state index contributed by atoms with van der Waals surface area (Å²) in [6.45, 7) is 3.38. The lowest BCUT2D eigenvalue weighted by Gasteiger charge is -2.15. The van der Waals surface area contributed by atoms with E-state index in [0.29, 0.717) is 17.9 Å². The Hall–Kier alpha value is -3.13. The van der Waals surface area contributed by atoms with E-state index in [2.05, 4.69) is 16.0 Å². The molecule has 1 aliphatic carbocycles. The van der Waals surface area contributed by atoms with Crippen molar-refractivity contribution in [3.8, 4) is 0 Å². The van der Waals surface area contributed by atoms with E-state index in [4.69, 9.17) is 34.8 Å². The second kappa shape index (κ2) is 13.3. The second-order valence-corrected chi connectivity index (χ2v) is 13.3. The van der Waals surface area contributed by atoms with Gasteiger partial charge in [0.2, 0.25) is 11.8 Å². The van der Waals surface area contributed by atoms with Crippen LogP contribution in [0.3, 0.4) is 0 Å². The van der Waals surface area contributed by atoms with Crippen molar-refractivity contribution < 1.29 is 40.7 Å². The number of nitrogens with one attached hydrogen (secondary N) is 3. The van der Waals surface area contributed by atoms with Crippen LogP contribution in [0.15, 0.2) is 48.5 Å². The first kappa shape index (κ1) is 34.7. The van der Waals surface area contributed by atoms with Gasteiger partial charge in [-0.1, -0.05) is 24.6 Å². The van der Waals surface area contributed by atoms with E-state index in [1.807, 2.05) is 6.92 Å². The van der Waals surface area contributed by atoms with Gasteiger partial charge in [-0.3, -0.25) is 14.4 Å². The largest absolute Gasteiger partial charge is 0.419 e. The number of amides is 3. The minimum absolute atomic E-state index is 0.00522. The van der Waals surface area contributed by atoms with E-state index in [9.17, 15) is 36.3 Å². The van der Waals surface area contributed by atoms with Gasteiger partial charge >= 0.3 is 6.18 Å². The predicted octanol–water partition coefficient (Wildman–Crippen LogP) is 8.63. The zero-order valence-electron chi connectivity index (χ0n) is 23.1. The second-order valence-electron chi connectivity index (χ2n) is 9.88. The number of hydrogen-bond donors (Lipinski definition) is 3. The highest BCUT2D eigenvalue weighted by Crippen LogP contribution is 2.65. The molecule has 1 aliphatic rings. The van der Waals surface area contributed by atoms with Crippen molar-refractivity contribution in [3.63, 3.8) is 0 Å². The maximum atomic E-state index is 15.2. The highest BCUT2D eigenvalue weighted by Gasteiger charge is 2.67. The molecule has 45 heavy (non-hydrogen) atoms. The molecule has 0 radical (unpaired) electrons.